The third kappa shape index (κ3) is 3.31. The van der Waals surface area contributed by atoms with Crippen molar-refractivity contribution >= 4 is 29.9 Å². The fourth-order valence-corrected chi connectivity index (χ4v) is 1.86. The standard InChI is InChI=1S/C11H12ClFN2O.ClH/c12-9-7-8(1-2-10(9)13)11(16)15-5-3-14-4-6-15;/h1-2,7,14H,3-6H2;1H. The topological polar surface area (TPSA) is 32.3 Å². The second kappa shape index (κ2) is 6.19. The lowest BCUT2D eigenvalue weighted by Crippen LogP contribution is -2.46. The molecule has 1 amide bonds. The SMILES string of the molecule is Cl.O=C(c1ccc(F)c(Cl)c1)N1CCNCC1. The molecule has 0 aromatic heterocycles. The average Bonchev–Trinajstić information content (AvgIpc) is 2.33. The van der Waals surface area contributed by atoms with Crippen molar-refractivity contribution in [2.24, 2.45) is 0 Å². The van der Waals surface area contributed by atoms with Gasteiger partial charge in [-0.3, -0.25) is 4.79 Å². The molecule has 0 unspecified atom stereocenters. The Bertz CT molecular complexity index is 408. The zero-order valence-electron chi connectivity index (χ0n) is 9.08. The average molecular weight is 279 g/mol. The molecule has 0 aliphatic carbocycles. The van der Waals surface area contributed by atoms with Gasteiger partial charge in [0.25, 0.3) is 5.91 Å². The Hall–Kier alpha value is -0.840. The summed E-state index contributed by atoms with van der Waals surface area (Å²) >= 11 is 5.64. The molecule has 1 aromatic carbocycles. The molecule has 1 saturated heterocycles. The van der Waals surface area contributed by atoms with E-state index in [1.165, 1.54) is 18.2 Å². The largest absolute Gasteiger partial charge is 0.336 e. The van der Waals surface area contributed by atoms with Crippen molar-refractivity contribution in [1.29, 1.82) is 0 Å². The second-order valence-electron chi connectivity index (χ2n) is 3.67. The highest BCUT2D eigenvalue weighted by atomic mass is 35.5. The summed E-state index contributed by atoms with van der Waals surface area (Å²) in [6, 6.07) is 4.06. The van der Waals surface area contributed by atoms with Crippen LogP contribution in [-0.4, -0.2) is 37.0 Å². The van der Waals surface area contributed by atoms with Crippen LogP contribution in [0.3, 0.4) is 0 Å². The molecule has 2 rings (SSSR count). The van der Waals surface area contributed by atoms with E-state index in [0.29, 0.717) is 18.7 Å². The predicted octanol–water partition coefficient (Wildman–Crippen LogP) is 1.95. The van der Waals surface area contributed by atoms with Gasteiger partial charge in [0.05, 0.1) is 5.02 Å². The number of carbonyl (C=O) groups is 1. The number of rotatable bonds is 1. The molecular weight excluding hydrogens is 266 g/mol. The molecule has 1 heterocycles. The first-order chi connectivity index (χ1) is 7.68. The molecule has 6 heteroatoms. The van der Waals surface area contributed by atoms with Gasteiger partial charge >= 0.3 is 0 Å². The Kier molecular flexibility index (Phi) is 5.18. The lowest BCUT2D eigenvalue weighted by Gasteiger charge is -2.27. The third-order valence-corrected chi connectivity index (χ3v) is 2.86. The van der Waals surface area contributed by atoms with Crippen LogP contribution in [0.5, 0.6) is 0 Å². The van der Waals surface area contributed by atoms with Crippen molar-refractivity contribution in [3.63, 3.8) is 0 Å². The van der Waals surface area contributed by atoms with Gasteiger partial charge in [-0.05, 0) is 18.2 Å². The number of carbonyl (C=O) groups excluding carboxylic acids is 1. The Morgan fingerprint density at radius 1 is 1.35 bits per heavy atom. The van der Waals surface area contributed by atoms with Crippen LogP contribution in [0.2, 0.25) is 5.02 Å². The Morgan fingerprint density at radius 2 is 2.00 bits per heavy atom. The van der Waals surface area contributed by atoms with E-state index >= 15 is 0 Å². The number of hydrogen-bond acceptors (Lipinski definition) is 2. The first-order valence-electron chi connectivity index (χ1n) is 5.13. The molecule has 0 bridgehead atoms. The van der Waals surface area contributed by atoms with E-state index in [2.05, 4.69) is 5.32 Å². The minimum Gasteiger partial charge on any atom is -0.336 e. The zero-order chi connectivity index (χ0) is 11.5. The number of halogens is 3. The molecule has 0 atom stereocenters. The highest BCUT2D eigenvalue weighted by Crippen LogP contribution is 2.17. The Morgan fingerprint density at radius 3 is 2.59 bits per heavy atom. The lowest BCUT2D eigenvalue weighted by atomic mass is 10.2. The molecule has 94 valence electrons. The summed E-state index contributed by atoms with van der Waals surface area (Å²) in [6.45, 7) is 2.93. The van der Waals surface area contributed by atoms with E-state index in [1.807, 2.05) is 0 Å². The molecule has 1 fully saturated rings. The molecule has 1 aliphatic rings. The van der Waals surface area contributed by atoms with Crippen molar-refractivity contribution in [3.8, 4) is 0 Å². The third-order valence-electron chi connectivity index (χ3n) is 2.57. The number of nitrogens with zero attached hydrogens (tertiary/aromatic N) is 1. The van der Waals surface area contributed by atoms with Crippen molar-refractivity contribution in [2.45, 2.75) is 0 Å². The van der Waals surface area contributed by atoms with Crippen molar-refractivity contribution < 1.29 is 9.18 Å². The van der Waals surface area contributed by atoms with E-state index in [0.717, 1.165) is 13.1 Å². The van der Waals surface area contributed by atoms with Gasteiger partial charge in [0.15, 0.2) is 0 Å². The van der Waals surface area contributed by atoms with Crippen LogP contribution in [0.4, 0.5) is 4.39 Å². The monoisotopic (exact) mass is 278 g/mol. The number of amides is 1. The van der Waals surface area contributed by atoms with Crippen LogP contribution < -0.4 is 5.32 Å². The van der Waals surface area contributed by atoms with Crippen molar-refractivity contribution in [2.75, 3.05) is 26.2 Å². The normalized spacial score (nSPS) is 15.3. The molecule has 1 aromatic rings. The van der Waals surface area contributed by atoms with E-state index in [9.17, 15) is 9.18 Å². The summed E-state index contributed by atoms with van der Waals surface area (Å²) in [6.07, 6.45) is 0. The van der Waals surface area contributed by atoms with E-state index in [-0.39, 0.29) is 23.3 Å². The fourth-order valence-electron chi connectivity index (χ4n) is 1.68. The second-order valence-corrected chi connectivity index (χ2v) is 4.08. The minimum absolute atomic E-state index is 0. The number of piperazine rings is 1. The van der Waals surface area contributed by atoms with Gasteiger partial charge in [-0.15, -0.1) is 12.4 Å². The molecular formula is C11H13Cl2FN2O. The van der Waals surface area contributed by atoms with Gasteiger partial charge in [0, 0.05) is 31.7 Å². The number of benzene rings is 1. The molecule has 0 saturated carbocycles. The van der Waals surface area contributed by atoms with Crippen LogP contribution in [0.1, 0.15) is 10.4 Å². The summed E-state index contributed by atoms with van der Waals surface area (Å²) in [5.41, 5.74) is 0.438. The Balaban J connectivity index is 0.00000144. The first kappa shape index (κ1) is 14.2. The molecule has 0 radical (unpaired) electrons. The zero-order valence-corrected chi connectivity index (χ0v) is 10.7. The quantitative estimate of drug-likeness (QED) is 0.852. The highest BCUT2D eigenvalue weighted by molar-refractivity contribution is 6.31. The summed E-state index contributed by atoms with van der Waals surface area (Å²) in [4.78, 5) is 13.7. The van der Waals surface area contributed by atoms with E-state index in [4.69, 9.17) is 11.6 Å². The molecule has 3 nitrogen and oxygen atoms in total. The summed E-state index contributed by atoms with van der Waals surface area (Å²) in [5.74, 6) is -0.595. The van der Waals surface area contributed by atoms with Crippen molar-refractivity contribution in [1.82, 2.24) is 10.2 Å². The number of hydrogen-bond donors (Lipinski definition) is 1. The van der Waals surface area contributed by atoms with Crippen LogP contribution in [0, 0.1) is 5.82 Å². The van der Waals surface area contributed by atoms with Crippen LogP contribution in [0.25, 0.3) is 0 Å². The van der Waals surface area contributed by atoms with Crippen molar-refractivity contribution in [3.05, 3.63) is 34.6 Å². The van der Waals surface area contributed by atoms with E-state index in [1.54, 1.807) is 4.90 Å². The van der Waals surface area contributed by atoms with Gasteiger partial charge in [0.2, 0.25) is 0 Å². The molecule has 1 N–H and O–H groups in total. The maximum Gasteiger partial charge on any atom is 0.253 e. The molecule has 1 aliphatic heterocycles. The molecule has 17 heavy (non-hydrogen) atoms. The van der Waals surface area contributed by atoms with Gasteiger partial charge in [0.1, 0.15) is 5.82 Å². The minimum atomic E-state index is -0.501. The van der Waals surface area contributed by atoms with E-state index < -0.39 is 5.82 Å². The van der Waals surface area contributed by atoms with Gasteiger partial charge < -0.3 is 10.2 Å². The van der Waals surface area contributed by atoms with Gasteiger partial charge in [-0.1, -0.05) is 11.6 Å². The lowest BCUT2D eigenvalue weighted by molar-refractivity contribution is 0.0736. The predicted molar refractivity (Wildman–Crippen MR) is 67.4 cm³/mol. The van der Waals surface area contributed by atoms with Crippen LogP contribution >= 0.6 is 24.0 Å². The number of nitrogens with one attached hydrogen (secondary N) is 1. The summed E-state index contributed by atoms with van der Waals surface area (Å²) in [7, 11) is 0. The van der Waals surface area contributed by atoms with Crippen LogP contribution in [0.15, 0.2) is 18.2 Å². The summed E-state index contributed by atoms with van der Waals surface area (Å²) < 4.78 is 12.9. The van der Waals surface area contributed by atoms with Gasteiger partial charge in [-0.2, -0.15) is 0 Å². The highest BCUT2D eigenvalue weighted by Gasteiger charge is 2.18. The maximum atomic E-state index is 12.9. The smallest absolute Gasteiger partial charge is 0.253 e. The van der Waals surface area contributed by atoms with Crippen LogP contribution in [-0.2, 0) is 0 Å². The molecule has 0 spiro atoms. The Labute approximate surface area is 110 Å². The maximum absolute atomic E-state index is 12.9. The first-order valence-corrected chi connectivity index (χ1v) is 5.51. The summed E-state index contributed by atoms with van der Waals surface area (Å²) in [5, 5.41) is 3.15. The van der Waals surface area contributed by atoms with Gasteiger partial charge in [-0.25, -0.2) is 4.39 Å². The fraction of sp³-hybridized carbons (Fsp3) is 0.364.